The molecule has 0 N–H and O–H groups in total. The summed E-state index contributed by atoms with van der Waals surface area (Å²) in [5, 5.41) is 8.77. The summed E-state index contributed by atoms with van der Waals surface area (Å²) in [5.41, 5.74) is 1.68. The molecule has 0 aliphatic heterocycles. The number of methoxy groups -OCH3 is 1. The van der Waals surface area contributed by atoms with Gasteiger partial charge in [-0.2, -0.15) is 0 Å². The van der Waals surface area contributed by atoms with Gasteiger partial charge in [0.1, 0.15) is 18.9 Å². The lowest BCUT2D eigenvalue weighted by molar-refractivity contribution is -0.145. The zero-order valence-electron chi connectivity index (χ0n) is 14.7. The minimum atomic E-state index is -0.368. The predicted molar refractivity (Wildman–Crippen MR) is 104 cm³/mol. The molecule has 0 atom stereocenters. The number of thioether (sulfide) groups is 1. The number of halogens is 1. The summed E-state index contributed by atoms with van der Waals surface area (Å²) in [7, 11) is 1.61. The van der Waals surface area contributed by atoms with Crippen LogP contribution in [0.25, 0.3) is 0 Å². The van der Waals surface area contributed by atoms with E-state index in [9.17, 15) is 4.79 Å². The van der Waals surface area contributed by atoms with Crippen LogP contribution < -0.4 is 4.74 Å². The monoisotopic (exact) mass is 403 g/mol. The zero-order chi connectivity index (χ0) is 19.1. The van der Waals surface area contributed by atoms with E-state index in [0.29, 0.717) is 10.8 Å². The van der Waals surface area contributed by atoms with Gasteiger partial charge >= 0.3 is 5.97 Å². The summed E-state index contributed by atoms with van der Waals surface area (Å²) in [6.07, 6.45) is 1.75. The van der Waals surface area contributed by atoms with Crippen LogP contribution in [0.3, 0.4) is 0 Å². The molecule has 140 valence electrons. The highest BCUT2D eigenvalue weighted by molar-refractivity contribution is 7.98. The predicted octanol–water partition coefficient (Wildman–Crippen LogP) is 3.98. The molecule has 2 aromatic carbocycles. The van der Waals surface area contributed by atoms with Crippen molar-refractivity contribution < 1.29 is 14.3 Å². The van der Waals surface area contributed by atoms with E-state index in [1.54, 1.807) is 25.1 Å². The molecule has 0 aliphatic carbocycles. The molecule has 0 aliphatic rings. The fourth-order valence-corrected chi connectivity index (χ4v) is 3.13. The standard InChI is InChI=1S/C19H18ClN3O3S/c1-25-17-6-2-14(3-7-17)12-26-19(24)11-23-10-16(21-22-23)13-27-18-8-4-15(20)5-9-18/h2-10H,11-13H2,1H3. The number of ether oxygens (including phenoxy) is 2. The third kappa shape index (κ3) is 6.01. The molecule has 1 heterocycles. The third-order valence-electron chi connectivity index (χ3n) is 3.64. The molecule has 0 bridgehead atoms. The van der Waals surface area contributed by atoms with E-state index in [2.05, 4.69) is 10.3 Å². The molecule has 0 spiro atoms. The summed E-state index contributed by atoms with van der Waals surface area (Å²) in [5.74, 6) is 1.05. The number of rotatable bonds is 8. The van der Waals surface area contributed by atoms with Gasteiger partial charge in [0.05, 0.1) is 12.8 Å². The normalized spacial score (nSPS) is 10.6. The Morgan fingerprint density at radius 2 is 1.89 bits per heavy atom. The Bertz CT molecular complexity index is 882. The first kappa shape index (κ1) is 19.3. The van der Waals surface area contributed by atoms with Crippen LogP contribution in [-0.4, -0.2) is 28.1 Å². The third-order valence-corrected chi connectivity index (χ3v) is 4.93. The Kier molecular flexibility index (Phi) is 6.73. The lowest BCUT2D eigenvalue weighted by Gasteiger charge is -2.05. The summed E-state index contributed by atoms with van der Waals surface area (Å²) in [6, 6.07) is 15.0. The van der Waals surface area contributed by atoms with Gasteiger partial charge in [0.25, 0.3) is 0 Å². The van der Waals surface area contributed by atoms with Crippen LogP contribution >= 0.6 is 23.4 Å². The second-order valence-electron chi connectivity index (χ2n) is 5.66. The van der Waals surface area contributed by atoms with Crippen LogP contribution in [0.4, 0.5) is 0 Å². The van der Waals surface area contributed by atoms with Gasteiger partial charge in [0, 0.05) is 21.9 Å². The molecule has 0 saturated carbocycles. The highest BCUT2D eigenvalue weighted by atomic mass is 35.5. The van der Waals surface area contributed by atoms with Crippen LogP contribution in [-0.2, 0) is 28.4 Å². The first-order valence-corrected chi connectivity index (χ1v) is 9.54. The van der Waals surface area contributed by atoms with Gasteiger partial charge in [-0.15, -0.1) is 16.9 Å². The van der Waals surface area contributed by atoms with Crippen LogP contribution in [0.1, 0.15) is 11.3 Å². The SMILES string of the molecule is COc1ccc(COC(=O)Cn2cc(CSc3ccc(Cl)cc3)nn2)cc1. The quantitative estimate of drug-likeness (QED) is 0.418. The van der Waals surface area contributed by atoms with E-state index in [-0.39, 0.29) is 19.1 Å². The van der Waals surface area contributed by atoms with Gasteiger partial charge < -0.3 is 9.47 Å². The average molecular weight is 404 g/mol. The molecule has 3 rings (SSSR count). The summed E-state index contributed by atoms with van der Waals surface area (Å²) >= 11 is 7.50. The Morgan fingerprint density at radius 3 is 2.59 bits per heavy atom. The van der Waals surface area contributed by atoms with E-state index >= 15 is 0 Å². The first-order chi connectivity index (χ1) is 13.1. The largest absolute Gasteiger partial charge is 0.497 e. The van der Waals surface area contributed by atoms with Gasteiger partial charge in [-0.3, -0.25) is 4.79 Å². The van der Waals surface area contributed by atoms with Gasteiger partial charge in [-0.25, -0.2) is 4.68 Å². The fraction of sp³-hybridized carbons (Fsp3) is 0.211. The molecule has 8 heteroatoms. The maximum atomic E-state index is 12.0. The summed E-state index contributed by atoms with van der Waals surface area (Å²) < 4.78 is 11.8. The van der Waals surface area contributed by atoms with Crippen molar-refractivity contribution in [1.82, 2.24) is 15.0 Å². The maximum absolute atomic E-state index is 12.0. The smallest absolute Gasteiger partial charge is 0.328 e. The minimum Gasteiger partial charge on any atom is -0.497 e. The molecule has 0 saturated heterocycles. The highest BCUT2D eigenvalue weighted by Crippen LogP contribution is 2.23. The molecule has 0 radical (unpaired) electrons. The number of hydrogen-bond donors (Lipinski definition) is 0. The molecule has 0 amide bonds. The van der Waals surface area contributed by atoms with Crippen LogP contribution in [0, 0.1) is 0 Å². The molecule has 3 aromatic rings. The van der Waals surface area contributed by atoms with Gasteiger partial charge in [0.2, 0.25) is 0 Å². The Balaban J connectivity index is 1.44. The number of benzene rings is 2. The number of carbonyl (C=O) groups is 1. The Hall–Kier alpha value is -2.51. The van der Waals surface area contributed by atoms with Gasteiger partial charge in [-0.05, 0) is 42.0 Å². The number of esters is 1. The summed E-state index contributed by atoms with van der Waals surface area (Å²) in [6.45, 7) is 0.228. The van der Waals surface area contributed by atoms with E-state index in [0.717, 1.165) is 21.9 Å². The van der Waals surface area contributed by atoms with E-state index in [1.165, 1.54) is 4.68 Å². The fourth-order valence-electron chi connectivity index (χ4n) is 2.23. The zero-order valence-corrected chi connectivity index (χ0v) is 16.2. The number of carbonyl (C=O) groups excluding carboxylic acids is 1. The number of hydrogen-bond acceptors (Lipinski definition) is 6. The van der Waals surface area contributed by atoms with Gasteiger partial charge in [-0.1, -0.05) is 28.9 Å². The number of nitrogens with zero attached hydrogens (tertiary/aromatic N) is 3. The van der Waals surface area contributed by atoms with Crippen molar-refractivity contribution in [1.29, 1.82) is 0 Å². The Morgan fingerprint density at radius 1 is 1.15 bits per heavy atom. The maximum Gasteiger partial charge on any atom is 0.328 e. The van der Waals surface area contributed by atoms with Crippen molar-refractivity contribution in [3.05, 3.63) is 71.0 Å². The molecule has 0 fully saturated rings. The van der Waals surface area contributed by atoms with Crippen molar-refractivity contribution in [3.8, 4) is 5.75 Å². The number of aromatic nitrogens is 3. The summed E-state index contributed by atoms with van der Waals surface area (Å²) in [4.78, 5) is 13.1. The van der Waals surface area contributed by atoms with Crippen molar-refractivity contribution in [2.24, 2.45) is 0 Å². The first-order valence-electron chi connectivity index (χ1n) is 8.18. The molecule has 6 nitrogen and oxygen atoms in total. The van der Waals surface area contributed by atoms with E-state index in [1.807, 2.05) is 48.5 Å². The van der Waals surface area contributed by atoms with Crippen LogP contribution in [0.2, 0.25) is 5.02 Å². The van der Waals surface area contributed by atoms with E-state index in [4.69, 9.17) is 21.1 Å². The highest BCUT2D eigenvalue weighted by Gasteiger charge is 2.08. The molecule has 0 unspecified atom stereocenters. The van der Waals surface area contributed by atoms with Crippen molar-refractivity contribution >= 4 is 29.3 Å². The average Bonchev–Trinajstić information content (AvgIpc) is 3.13. The second-order valence-corrected chi connectivity index (χ2v) is 7.14. The molecule has 1 aromatic heterocycles. The van der Waals surface area contributed by atoms with Crippen molar-refractivity contribution in [2.45, 2.75) is 23.8 Å². The topological polar surface area (TPSA) is 66.2 Å². The molecular formula is C19H18ClN3O3S. The minimum absolute atomic E-state index is 0.0226. The van der Waals surface area contributed by atoms with E-state index < -0.39 is 0 Å². The molecule has 27 heavy (non-hydrogen) atoms. The van der Waals surface area contributed by atoms with Crippen molar-refractivity contribution in [2.75, 3.05) is 7.11 Å². The lowest BCUT2D eigenvalue weighted by atomic mass is 10.2. The second kappa shape index (κ2) is 9.43. The van der Waals surface area contributed by atoms with Crippen molar-refractivity contribution in [3.63, 3.8) is 0 Å². The lowest BCUT2D eigenvalue weighted by Crippen LogP contribution is -2.14. The molecular weight excluding hydrogens is 386 g/mol. The van der Waals surface area contributed by atoms with Crippen LogP contribution in [0.5, 0.6) is 5.75 Å². The Labute approximate surface area is 166 Å². The van der Waals surface area contributed by atoms with Gasteiger partial charge in [0.15, 0.2) is 0 Å². The van der Waals surface area contributed by atoms with Crippen LogP contribution in [0.15, 0.2) is 59.6 Å².